The Kier molecular flexibility index (Phi) is 6.47. The minimum absolute atomic E-state index is 0.638. The van der Waals surface area contributed by atoms with Crippen LogP contribution in [0.15, 0.2) is 0 Å². The predicted molar refractivity (Wildman–Crippen MR) is 86.4 cm³/mol. The van der Waals surface area contributed by atoms with Crippen LogP contribution in [0, 0.1) is 5.92 Å². The summed E-state index contributed by atoms with van der Waals surface area (Å²) in [7, 11) is -3.24. The van der Waals surface area contributed by atoms with Gasteiger partial charge in [-0.1, -0.05) is 13.8 Å². The number of nitrogens with one attached hydrogen (secondary N) is 1. The topological polar surface area (TPSA) is 52.7 Å². The van der Waals surface area contributed by atoms with Crippen LogP contribution in [0.4, 0.5) is 0 Å². The van der Waals surface area contributed by atoms with Gasteiger partial charge in [-0.15, -0.1) is 0 Å². The van der Waals surface area contributed by atoms with E-state index in [-0.39, 0.29) is 0 Å². The minimum atomic E-state index is -3.24. The molecule has 0 radical (unpaired) electrons. The second-order valence-electron chi connectivity index (χ2n) is 6.43. The third kappa shape index (κ3) is 4.91. The SMILES string of the molecule is CCCN(CCC)S(=O)(=O)N1CCC(CNC2CC2)CC1. The Balaban J connectivity index is 1.83. The fraction of sp³-hybridized carbons (Fsp3) is 1.00. The summed E-state index contributed by atoms with van der Waals surface area (Å²) in [6.07, 6.45) is 6.37. The molecular formula is C15H31N3O2S. The highest BCUT2D eigenvalue weighted by Gasteiger charge is 2.32. The molecule has 2 fully saturated rings. The van der Waals surface area contributed by atoms with Crippen molar-refractivity contribution in [3.05, 3.63) is 0 Å². The van der Waals surface area contributed by atoms with Crippen LogP contribution in [-0.2, 0) is 10.2 Å². The molecule has 5 nitrogen and oxygen atoms in total. The zero-order chi connectivity index (χ0) is 15.3. The predicted octanol–water partition coefficient (Wildman–Crippen LogP) is 1.82. The van der Waals surface area contributed by atoms with Gasteiger partial charge in [0.1, 0.15) is 0 Å². The second-order valence-corrected chi connectivity index (χ2v) is 8.36. The molecule has 1 saturated heterocycles. The van der Waals surface area contributed by atoms with Gasteiger partial charge in [-0.25, -0.2) is 0 Å². The zero-order valence-corrected chi connectivity index (χ0v) is 14.4. The summed E-state index contributed by atoms with van der Waals surface area (Å²) in [5.74, 6) is 0.642. The first kappa shape index (κ1) is 17.2. The fourth-order valence-electron chi connectivity index (χ4n) is 2.97. The maximum absolute atomic E-state index is 12.7. The lowest BCUT2D eigenvalue weighted by Crippen LogP contribution is -2.48. The van der Waals surface area contributed by atoms with E-state index in [2.05, 4.69) is 5.32 Å². The van der Waals surface area contributed by atoms with Gasteiger partial charge in [-0.05, 0) is 51.0 Å². The normalized spacial score (nSPS) is 22.0. The first-order valence-electron chi connectivity index (χ1n) is 8.56. The lowest BCUT2D eigenvalue weighted by atomic mass is 9.98. The summed E-state index contributed by atoms with van der Waals surface area (Å²) in [6.45, 7) is 7.78. The molecule has 0 unspecified atom stereocenters. The summed E-state index contributed by atoms with van der Waals surface area (Å²) in [5, 5.41) is 3.56. The molecule has 2 rings (SSSR count). The molecule has 0 amide bonds. The Morgan fingerprint density at radius 3 is 2.10 bits per heavy atom. The number of nitrogens with zero attached hydrogens (tertiary/aromatic N) is 2. The molecule has 0 atom stereocenters. The average molecular weight is 317 g/mol. The van der Waals surface area contributed by atoms with Crippen LogP contribution in [0.5, 0.6) is 0 Å². The van der Waals surface area contributed by atoms with Gasteiger partial charge in [0.15, 0.2) is 0 Å². The van der Waals surface area contributed by atoms with E-state index in [1.165, 1.54) is 12.8 Å². The lowest BCUT2D eigenvalue weighted by molar-refractivity contribution is 0.248. The molecule has 6 heteroatoms. The largest absolute Gasteiger partial charge is 0.314 e. The highest BCUT2D eigenvalue weighted by Crippen LogP contribution is 2.23. The van der Waals surface area contributed by atoms with E-state index >= 15 is 0 Å². The van der Waals surface area contributed by atoms with E-state index in [0.29, 0.717) is 32.1 Å². The molecule has 0 aromatic heterocycles. The van der Waals surface area contributed by atoms with Crippen molar-refractivity contribution in [2.24, 2.45) is 5.92 Å². The van der Waals surface area contributed by atoms with Crippen LogP contribution < -0.4 is 5.32 Å². The van der Waals surface area contributed by atoms with Crippen LogP contribution >= 0.6 is 0 Å². The first-order valence-corrected chi connectivity index (χ1v) is 9.96. The van der Waals surface area contributed by atoms with Gasteiger partial charge in [0.2, 0.25) is 0 Å². The van der Waals surface area contributed by atoms with E-state index < -0.39 is 10.2 Å². The number of rotatable bonds is 9. The van der Waals surface area contributed by atoms with E-state index in [1.807, 2.05) is 13.8 Å². The van der Waals surface area contributed by atoms with Crippen molar-refractivity contribution in [3.8, 4) is 0 Å². The third-order valence-corrected chi connectivity index (χ3v) is 6.48. The van der Waals surface area contributed by atoms with Crippen LogP contribution in [0.1, 0.15) is 52.4 Å². The molecule has 2 aliphatic rings. The summed E-state index contributed by atoms with van der Waals surface area (Å²) in [6, 6.07) is 0.747. The van der Waals surface area contributed by atoms with Gasteiger partial charge in [0, 0.05) is 32.2 Å². The Morgan fingerprint density at radius 2 is 1.62 bits per heavy atom. The number of piperidine rings is 1. The molecule has 21 heavy (non-hydrogen) atoms. The van der Waals surface area contributed by atoms with Gasteiger partial charge < -0.3 is 5.32 Å². The summed E-state index contributed by atoms with van der Waals surface area (Å²) in [4.78, 5) is 0. The molecule has 1 aliphatic carbocycles. The maximum Gasteiger partial charge on any atom is 0.281 e. The fourth-order valence-corrected chi connectivity index (χ4v) is 4.79. The van der Waals surface area contributed by atoms with Crippen molar-refractivity contribution in [1.29, 1.82) is 0 Å². The van der Waals surface area contributed by atoms with Gasteiger partial charge in [-0.2, -0.15) is 17.0 Å². The van der Waals surface area contributed by atoms with Crippen molar-refractivity contribution in [2.45, 2.75) is 58.4 Å². The van der Waals surface area contributed by atoms with Crippen molar-refractivity contribution in [3.63, 3.8) is 0 Å². The smallest absolute Gasteiger partial charge is 0.281 e. The lowest BCUT2D eigenvalue weighted by Gasteiger charge is -2.35. The number of hydrogen-bond donors (Lipinski definition) is 1. The number of hydrogen-bond acceptors (Lipinski definition) is 3. The van der Waals surface area contributed by atoms with Crippen molar-refractivity contribution in [2.75, 3.05) is 32.7 Å². The van der Waals surface area contributed by atoms with Crippen molar-refractivity contribution < 1.29 is 8.42 Å². The van der Waals surface area contributed by atoms with Gasteiger partial charge >= 0.3 is 0 Å². The second kappa shape index (κ2) is 7.90. The monoisotopic (exact) mass is 317 g/mol. The summed E-state index contributed by atoms with van der Waals surface area (Å²) >= 11 is 0. The van der Waals surface area contributed by atoms with Crippen LogP contribution in [0.25, 0.3) is 0 Å². The highest BCUT2D eigenvalue weighted by molar-refractivity contribution is 7.86. The van der Waals surface area contributed by atoms with Crippen molar-refractivity contribution >= 4 is 10.2 Å². The minimum Gasteiger partial charge on any atom is -0.314 e. The standard InChI is InChI=1S/C15H31N3O2S/c1-3-9-17(10-4-2)21(19,20)18-11-7-14(8-12-18)13-16-15-5-6-15/h14-16H,3-13H2,1-2H3. The molecule has 0 aromatic rings. The van der Waals surface area contributed by atoms with Crippen molar-refractivity contribution in [1.82, 2.24) is 13.9 Å². The molecule has 124 valence electrons. The van der Waals surface area contributed by atoms with E-state index in [1.54, 1.807) is 8.61 Å². The maximum atomic E-state index is 12.7. The Morgan fingerprint density at radius 1 is 1.05 bits per heavy atom. The molecule has 0 spiro atoms. The molecule has 1 N–H and O–H groups in total. The zero-order valence-electron chi connectivity index (χ0n) is 13.6. The molecule has 1 aliphatic heterocycles. The van der Waals surface area contributed by atoms with Gasteiger partial charge in [0.05, 0.1) is 0 Å². The molecule has 0 bridgehead atoms. The molecule has 1 heterocycles. The van der Waals surface area contributed by atoms with Gasteiger partial charge in [-0.3, -0.25) is 0 Å². The Hall–Kier alpha value is -0.170. The molecular weight excluding hydrogens is 286 g/mol. The average Bonchev–Trinajstić information content (AvgIpc) is 3.29. The van der Waals surface area contributed by atoms with E-state index in [0.717, 1.165) is 38.3 Å². The molecule has 0 aromatic carbocycles. The van der Waals surface area contributed by atoms with Crippen LogP contribution in [-0.4, -0.2) is 55.8 Å². The Labute approximate surface area is 130 Å². The Bertz CT molecular complexity index is 395. The van der Waals surface area contributed by atoms with Gasteiger partial charge in [0.25, 0.3) is 10.2 Å². The van der Waals surface area contributed by atoms with E-state index in [4.69, 9.17) is 0 Å². The van der Waals surface area contributed by atoms with E-state index in [9.17, 15) is 8.42 Å². The van der Waals surface area contributed by atoms with Crippen LogP contribution in [0.2, 0.25) is 0 Å². The molecule has 1 saturated carbocycles. The first-order chi connectivity index (χ1) is 10.1. The quantitative estimate of drug-likeness (QED) is 0.706. The third-order valence-electron chi connectivity index (χ3n) is 4.44. The summed E-state index contributed by atoms with van der Waals surface area (Å²) in [5.41, 5.74) is 0. The van der Waals surface area contributed by atoms with Crippen LogP contribution in [0.3, 0.4) is 0 Å². The highest BCUT2D eigenvalue weighted by atomic mass is 32.2. The summed E-state index contributed by atoms with van der Waals surface area (Å²) < 4.78 is 28.7.